The minimum Gasteiger partial charge on any atom is -0.312 e. The van der Waals surface area contributed by atoms with Crippen molar-refractivity contribution in [2.45, 2.75) is 38.1 Å². The van der Waals surface area contributed by atoms with Gasteiger partial charge in [-0.05, 0) is 42.5 Å². The summed E-state index contributed by atoms with van der Waals surface area (Å²) in [7, 11) is 1.92. The van der Waals surface area contributed by atoms with Gasteiger partial charge in [0.1, 0.15) is 6.33 Å². The molecule has 1 aliphatic rings. The molecule has 1 aromatic carbocycles. The van der Waals surface area contributed by atoms with Crippen LogP contribution in [0.1, 0.15) is 43.1 Å². The SMILES string of the molecule is CC1=CC(NNC(=O)c2ccc(CSc3nncn3C)cc2)=CC(C)(C)C1. The maximum atomic E-state index is 12.4. The molecular formula is C20H25N5OS. The molecule has 1 heterocycles. The van der Waals surface area contributed by atoms with E-state index >= 15 is 0 Å². The van der Waals surface area contributed by atoms with Crippen molar-refractivity contribution >= 4 is 17.7 Å². The van der Waals surface area contributed by atoms with Gasteiger partial charge in [0.25, 0.3) is 5.91 Å². The van der Waals surface area contributed by atoms with Gasteiger partial charge < -0.3 is 4.57 Å². The van der Waals surface area contributed by atoms with Gasteiger partial charge in [0, 0.05) is 18.4 Å². The molecule has 7 heteroatoms. The van der Waals surface area contributed by atoms with E-state index in [0.717, 1.165) is 28.6 Å². The molecule has 2 N–H and O–H groups in total. The maximum Gasteiger partial charge on any atom is 0.269 e. The van der Waals surface area contributed by atoms with Gasteiger partial charge in [0.05, 0.1) is 5.70 Å². The molecule has 0 unspecified atom stereocenters. The van der Waals surface area contributed by atoms with E-state index in [1.165, 1.54) is 5.57 Å². The second kappa shape index (κ2) is 8.00. The van der Waals surface area contributed by atoms with Crippen molar-refractivity contribution in [2.24, 2.45) is 12.5 Å². The van der Waals surface area contributed by atoms with Gasteiger partial charge in [-0.3, -0.25) is 15.6 Å². The van der Waals surface area contributed by atoms with E-state index in [2.05, 4.69) is 54.0 Å². The molecule has 3 rings (SSSR count). The molecule has 0 saturated heterocycles. The number of thioether (sulfide) groups is 1. The Morgan fingerprint density at radius 1 is 1.30 bits per heavy atom. The Labute approximate surface area is 164 Å². The highest BCUT2D eigenvalue weighted by Gasteiger charge is 2.20. The zero-order chi connectivity index (χ0) is 19.4. The highest BCUT2D eigenvalue weighted by atomic mass is 32.2. The zero-order valence-corrected chi connectivity index (χ0v) is 16.9. The molecule has 0 radical (unpaired) electrons. The number of aromatic nitrogens is 3. The van der Waals surface area contributed by atoms with Gasteiger partial charge in [0.2, 0.25) is 0 Å². The first-order chi connectivity index (χ1) is 12.8. The van der Waals surface area contributed by atoms with Crippen molar-refractivity contribution in [3.05, 3.63) is 65.1 Å². The van der Waals surface area contributed by atoms with Crippen LogP contribution < -0.4 is 10.9 Å². The van der Waals surface area contributed by atoms with Crippen LogP contribution in [0, 0.1) is 5.41 Å². The van der Waals surface area contributed by atoms with Gasteiger partial charge in [-0.1, -0.05) is 49.4 Å². The Morgan fingerprint density at radius 2 is 2.04 bits per heavy atom. The van der Waals surface area contributed by atoms with Crippen molar-refractivity contribution < 1.29 is 4.79 Å². The number of hydrogen-bond acceptors (Lipinski definition) is 5. The normalized spacial score (nSPS) is 15.7. The molecule has 6 nitrogen and oxygen atoms in total. The van der Waals surface area contributed by atoms with Crippen LogP contribution in [0.15, 0.2) is 59.2 Å². The van der Waals surface area contributed by atoms with Crippen molar-refractivity contribution in [2.75, 3.05) is 0 Å². The average Bonchev–Trinajstić information content (AvgIpc) is 3.01. The Kier molecular flexibility index (Phi) is 5.70. The average molecular weight is 384 g/mol. The summed E-state index contributed by atoms with van der Waals surface area (Å²) in [5.41, 5.74) is 9.87. The van der Waals surface area contributed by atoms with Crippen molar-refractivity contribution in [1.29, 1.82) is 0 Å². The fraction of sp³-hybridized carbons (Fsp3) is 0.350. The third kappa shape index (κ3) is 5.23. The van der Waals surface area contributed by atoms with E-state index in [9.17, 15) is 4.79 Å². The van der Waals surface area contributed by atoms with Gasteiger partial charge in [-0.2, -0.15) is 0 Å². The zero-order valence-electron chi connectivity index (χ0n) is 16.1. The first-order valence-corrected chi connectivity index (χ1v) is 9.83. The van der Waals surface area contributed by atoms with Gasteiger partial charge in [-0.15, -0.1) is 10.2 Å². The predicted molar refractivity (Wildman–Crippen MR) is 108 cm³/mol. The second-order valence-corrected chi connectivity index (χ2v) is 8.49. The van der Waals surface area contributed by atoms with Crippen LogP contribution in [0.3, 0.4) is 0 Å². The van der Waals surface area contributed by atoms with E-state index in [4.69, 9.17) is 0 Å². The number of allylic oxidation sites excluding steroid dienone is 3. The molecule has 0 spiro atoms. The van der Waals surface area contributed by atoms with Crippen LogP contribution in [-0.4, -0.2) is 20.7 Å². The number of carbonyl (C=O) groups excluding carboxylic acids is 1. The summed E-state index contributed by atoms with van der Waals surface area (Å²) >= 11 is 1.61. The first-order valence-electron chi connectivity index (χ1n) is 8.84. The Bertz CT molecular complexity index is 880. The summed E-state index contributed by atoms with van der Waals surface area (Å²) in [4.78, 5) is 12.4. The van der Waals surface area contributed by atoms with E-state index in [1.807, 2.05) is 35.9 Å². The number of nitrogens with one attached hydrogen (secondary N) is 2. The summed E-state index contributed by atoms with van der Waals surface area (Å²) in [5.74, 6) is 0.622. The minimum atomic E-state index is -0.155. The molecule has 1 aliphatic carbocycles. The monoisotopic (exact) mass is 383 g/mol. The predicted octanol–water partition coefficient (Wildman–Crippen LogP) is 3.60. The minimum absolute atomic E-state index is 0.0912. The Hall–Kier alpha value is -2.54. The van der Waals surface area contributed by atoms with E-state index in [-0.39, 0.29) is 11.3 Å². The Balaban J connectivity index is 1.55. The number of nitrogens with zero attached hydrogens (tertiary/aromatic N) is 3. The number of amides is 1. The van der Waals surface area contributed by atoms with Crippen molar-refractivity contribution in [1.82, 2.24) is 25.6 Å². The highest BCUT2D eigenvalue weighted by molar-refractivity contribution is 7.98. The summed E-state index contributed by atoms with van der Waals surface area (Å²) < 4.78 is 1.88. The van der Waals surface area contributed by atoms with Crippen LogP contribution in [0.2, 0.25) is 0 Å². The lowest BCUT2D eigenvalue weighted by Gasteiger charge is -2.27. The maximum absolute atomic E-state index is 12.4. The van der Waals surface area contributed by atoms with Crippen LogP contribution in [0.25, 0.3) is 0 Å². The van der Waals surface area contributed by atoms with Gasteiger partial charge >= 0.3 is 0 Å². The van der Waals surface area contributed by atoms with Gasteiger partial charge in [0.15, 0.2) is 5.16 Å². The first kappa shape index (κ1) is 19.2. The molecule has 1 aromatic heterocycles. The number of hydrazine groups is 1. The largest absolute Gasteiger partial charge is 0.312 e. The third-order valence-electron chi connectivity index (χ3n) is 4.26. The summed E-state index contributed by atoms with van der Waals surface area (Å²) in [5, 5.41) is 8.79. The quantitative estimate of drug-likeness (QED) is 0.589. The van der Waals surface area contributed by atoms with Gasteiger partial charge in [-0.25, -0.2) is 0 Å². The number of rotatable bonds is 6. The Morgan fingerprint density at radius 3 is 2.67 bits per heavy atom. The molecule has 27 heavy (non-hydrogen) atoms. The molecular weight excluding hydrogens is 358 g/mol. The molecule has 0 aliphatic heterocycles. The molecule has 142 valence electrons. The topological polar surface area (TPSA) is 71.8 Å². The van der Waals surface area contributed by atoms with E-state index in [1.54, 1.807) is 18.1 Å². The standard InChI is InChI=1S/C20H25N5OS/c1-14-9-17(11-20(2,3)10-14)22-23-18(26)16-7-5-15(6-8-16)12-27-19-24-21-13-25(19)4/h5-9,11,13,22H,10,12H2,1-4H3,(H,23,26). The summed E-state index contributed by atoms with van der Waals surface area (Å²) in [6.45, 7) is 6.48. The van der Waals surface area contributed by atoms with E-state index < -0.39 is 0 Å². The van der Waals surface area contributed by atoms with Crippen LogP contribution in [0.5, 0.6) is 0 Å². The molecule has 0 atom stereocenters. The second-order valence-electron chi connectivity index (χ2n) is 7.54. The lowest BCUT2D eigenvalue weighted by Crippen LogP contribution is -2.37. The van der Waals surface area contributed by atoms with Crippen LogP contribution in [0.4, 0.5) is 0 Å². The number of carbonyl (C=O) groups is 1. The third-order valence-corrected chi connectivity index (χ3v) is 5.36. The van der Waals surface area contributed by atoms with E-state index in [0.29, 0.717) is 5.56 Å². The molecule has 0 bridgehead atoms. The fourth-order valence-corrected chi connectivity index (χ4v) is 3.97. The van der Waals surface area contributed by atoms with Crippen molar-refractivity contribution in [3.63, 3.8) is 0 Å². The molecule has 0 fully saturated rings. The van der Waals surface area contributed by atoms with Crippen molar-refractivity contribution in [3.8, 4) is 0 Å². The molecule has 2 aromatic rings. The summed E-state index contributed by atoms with van der Waals surface area (Å²) in [6, 6.07) is 7.60. The lowest BCUT2D eigenvalue weighted by atomic mass is 9.81. The smallest absolute Gasteiger partial charge is 0.269 e. The molecule has 1 amide bonds. The fourth-order valence-electron chi connectivity index (χ4n) is 3.13. The number of aryl methyl sites for hydroxylation is 1. The molecule has 0 saturated carbocycles. The number of hydrogen-bond donors (Lipinski definition) is 2. The lowest BCUT2D eigenvalue weighted by molar-refractivity contribution is 0.0939. The highest BCUT2D eigenvalue weighted by Crippen LogP contribution is 2.31. The number of benzene rings is 1. The van der Waals surface area contributed by atoms with Crippen LogP contribution in [-0.2, 0) is 12.8 Å². The van der Waals surface area contributed by atoms with Crippen LogP contribution >= 0.6 is 11.8 Å². The summed E-state index contributed by atoms with van der Waals surface area (Å²) in [6.07, 6.45) is 6.92.